The van der Waals surface area contributed by atoms with Gasteiger partial charge in [-0.2, -0.15) is 0 Å². The Labute approximate surface area is 74.6 Å². The number of hydrogen-bond acceptors (Lipinski definition) is 1. The number of Topliss-reactive ketones (excluding diaryl/α,β-unsaturated/α-hetero) is 1. The van der Waals surface area contributed by atoms with Crippen LogP contribution in [-0.2, 0) is 0 Å². The molecular formula is C9H9BrO. The van der Waals surface area contributed by atoms with Crippen molar-refractivity contribution in [2.45, 2.75) is 13.3 Å². The van der Waals surface area contributed by atoms with Crippen LogP contribution in [0.1, 0.15) is 23.7 Å². The molecular weight excluding hydrogens is 204 g/mol. The topological polar surface area (TPSA) is 17.1 Å². The SMILES string of the molecule is CCC(=O)c1cccc(Br)c1. The van der Waals surface area contributed by atoms with Gasteiger partial charge < -0.3 is 0 Å². The van der Waals surface area contributed by atoms with E-state index in [0.717, 1.165) is 10.0 Å². The van der Waals surface area contributed by atoms with Gasteiger partial charge in [-0.25, -0.2) is 0 Å². The molecule has 1 rings (SSSR count). The molecule has 0 bridgehead atoms. The molecule has 0 spiro atoms. The highest BCUT2D eigenvalue weighted by molar-refractivity contribution is 9.10. The van der Waals surface area contributed by atoms with Gasteiger partial charge in [0.25, 0.3) is 0 Å². The summed E-state index contributed by atoms with van der Waals surface area (Å²) in [6, 6.07) is 7.45. The molecule has 0 saturated carbocycles. The normalized spacial score (nSPS) is 9.64. The summed E-state index contributed by atoms with van der Waals surface area (Å²) < 4.78 is 0.955. The summed E-state index contributed by atoms with van der Waals surface area (Å²) in [5.41, 5.74) is 0.780. The molecule has 0 unspecified atom stereocenters. The zero-order chi connectivity index (χ0) is 8.27. The highest BCUT2D eigenvalue weighted by atomic mass is 79.9. The molecule has 0 heterocycles. The zero-order valence-electron chi connectivity index (χ0n) is 6.30. The standard InChI is InChI=1S/C9H9BrO/c1-2-9(11)7-4-3-5-8(10)6-7/h3-6H,2H2,1H3. The smallest absolute Gasteiger partial charge is 0.162 e. The molecule has 0 amide bonds. The maximum Gasteiger partial charge on any atom is 0.162 e. The molecule has 0 radical (unpaired) electrons. The van der Waals surface area contributed by atoms with Gasteiger partial charge in [0.05, 0.1) is 0 Å². The summed E-state index contributed by atoms with van der Waals surface area (Å²) in [5, 5.41) is 0. The first-order valence-electron chi connectivity index (χ1n) is 3.53. The summed E-state index contributed by atoms with van der Waals surface area (Å²) in [6.45, 7) is 1.86. The third-order valence-corrected chi connectivity index (χ3v) is 1.96. The number of rotatable bonds is 2. The van der Waals surface area contributed by atoms with Crippen molar-refractivity contribution in [1.29, 1.82) is 0 Å². The highest BCUT2D eigenvalue weighted by Crippen LogP contribution is 2.12. The molecule has 0 atom stereocenters. The molecule has 1 aromatic carbocycles. The lowest BCUT2D eigenvalue weighted by molar-refractivity contribution is 0.0988. The van der Waals surface area contributed by atoms with E-state index in [2.05, 4.69) is 15.9 Å². The van der Waals surface area contributed by atoms with E-state index in [1.165, 1.54) is 0 Å². The first-order chi connectivity index (χ1) is 5.24. The van der Waals surface area contributed by atoms with E-state index in [9.17, 15) is 4.79 Å². The van der Waals surface area contributed by atoms with Crippen LogP contribution in [-0.4, -0.2) is 5.78 Å². The van der Waals surface area contributed by atoms with Crippen molar-refractivity contribution >= 4 is 21.7 Å². The Kier molecular flexibility index (Phi) is 2.83. The van der Waals surface area contributed by atoms with Crippen LogP contribution in [0.15, 0.2) is 28.7 Å². The molecule has 11 heavy (non-hydrogen) atoms. The first-order valence-corrected chi connectivity index (χ1v) is 4.32. The molecule has 2 heteroatoms. The summed E-state index contributed by atoms with van der Waals surface area (Å²) in [6.07, 6.45) is 0.566. The Hall–Kier alpha value is -0.630. The summed E-state index contributed by atoms with van der Waals surface area (Å²) in [7, 11) is 0. The predicted octanol–water partition coefficient (Wildman–Crippen LogP) is 3.04. The van der Waals surface area contributed by atoms with Gasteiger partial charge in [0.2, 0.25) is 0 Å². The second kappa shape index (κ2) is 3.67. The fourth-order valence-electron chi connectivity index (χ4n) is 0.866. The minimum Gasteiger partial charge on any atom is -0.294 e. The quantitative estimate of drug-likeness (QED) is 0.690. The fourth-order valence-corrected chi connectivity index (χ4v) is 1.27. The van der Waals surface area contributed by atoms with Crippen LogP contribution in [0, 0.1) is 0 Å². The Morgan fingerprint density at radius 1 is 1.55 bits per heavy atom. The molecule has 1 aromatic rings. The number of benzene rings is 1. The van der Waals surface area contributed by atoms with E-state index in [4.69, 9.17) is 0 Å². The van der Waals surface area contributed by atoms with Gasteiger partial charge in [-0.3, -0.25) is 4.79 Å². The van der Waals surface area contributed by atoms with Crippen LogP contribution in [0.5, 0.6) is 0 Å². The number of ketones is 1. The Balaban J connectivity index is 2.96. The first kappa shape index (κ1) is 8.47. The van der Waals surface area contributed by atoms with E-state index >= 15 is 0 Å². The highest BCUT2D eigenvalue weighted by Gasteiger charge is 2.01. The Morgan fingerprint density at radius 2 is 2.27 bits per heavy atom. The maximum absolute atomic E-state index is 11.1. The van der Waals surface area contributed by atoms with Crippen molar-refractivity contribution in [3.63, 3.8) is 0 Å². The van der Waals surface area contributed by atoms with Gasteiger partial charge in [0, 0.05) is 16.5 Å². The van der Waals surface area contributed by atoms with Crippen molar-refractivity contribution in [2.24, 2.45) is 0 Å². The summed E-state index contributed by atoms with van der Waals surface area (Å²) >= 11 is 3.31. The monoisotopic (exact) mass is 212 g/mol. The third-order valence-electron chi connectivity index (χ3n) is 1.47. The average molecular weight is 213 g/mol. The minimum atomic E-state index is 0.186. The van der Waals surface area contributed by atoms with E-state index in [1.54, 1.807) is 0 Å². The van der Waals surface area contributed by atoms with Crippen LogP contribution < -0.4 is 0 Å². The van der Waals surface area contributed by atoms with Gasteiger partial charge in [0.15, 0.2) is 5.78 Å². The van der Waals surface area contributed by atoms with Gasteiger partial charge >= 0.3 is 0 Å². The molecule has 1 nitrogen and oxygen atoms in total. The van der Waals surface area contributed by atoms with E-state index < -0.39 is 0 Å². The molecule has 0 aliphatic heterocycles. The van der Waals surface area contributed by atoms with Crippen molar-refractivity contribution in [1.82, 2.24) is 0 Å². The number of carbonyl (C=O) groups is 1. The molecule has 0 N–H and O–H groups in total. The second-order valence-corrected chi connectivity index (χ2v) is 3.20. The molecule has 0 saturated heterocycles. The molecule has 0 fully saturated rings. The molecule has 0 aromatic heterocycles. The number of hydrogen-bond donors (Lipinski definition) is 0. The lowest BCUT2D eigenvalue weighted by Crippen LogP contribution is -1.94. The largest absolute Gasteiger partial charge is 0.294 e. The minimum absolute atomic E-state index is 0.186. The van der Waals surface area contributed by atoms with Crippen LogP contribution in [0.25, 0.3) is 0 Å². The lowest BCUT2D eigenvalue weighted by Gasteiger charge is -1.96. The number of carbonyl (C=O) groups excluding carboxylic acids is 1. The fraction of sp³-hybridized carbons (Fsp3) is 0.222. The van der Waals surface area contributed by atoms with Gasteiger partial charge in [-0.15, -0.1) is 0 Å². The zero-order valence-corrected chi connectivity index (χ0v) is 7.89. The van der Waals surface area contributed by atoms with Crippen molar-refractivity contribution < 1.29 is 4.79 Å². The Morgan fingerprint density at radius 3 is 2.82 bits per heavy atom. The van der Waals surface area contributed by atoms with Crippen LogP contribution in [0.2, 0.25) is 0 Å². The van der Waals surface area contributed by atoms with E-state index in [-0.39, 0.29) is 5.78 Å². The van der Waals surface area contributed by atoms with Crippen molar-refractivity contribution in [3.05, 3.63) is 34.3 Å². The van der Waals surface area contributed by atoms with Crippen LogP contribution >= 0.6 is 15.9 Å². The Bertz CT molecular complexity index is 268. The van der Waals surface area contributed by atoms with E-state index in [1.807, 2.05) is 31.2 Å². The summed E-state index contributed by atoms with van der Waals surface area (Å²) in [4.78, 5) is 11.1. The second-order valence-electron chi connectivity index (χ2n) is 2.29. The van der Waals surface area contributed by atoms with Crippen LogP contribution in [0.4, 0.5) is 0 Å². The maximum atomic E-state index is 11.1. The van der Waals surface area contributed by atoms with Crippen LogP contribution in [0.3, 0.4) is 0 Å². The molecule has 0 aliphatic rings. The average Bonchev–Trinajstić information content (AvgIpc) is 2.03. The summed E-state index contributed by atoms with van der Waals surface area (Å²) in [5.74, 6) is 0.186. The van der Waals surface area contributed by atoms with Gasteiger partial charge in [0.1, 0.15) is 0 Å². The molecule has 58 valence electrons. The van der Waals surface area contributed by atoms with Crippen molar-refractivity contribution in [2.75, 3.05) is 0 Å². The van der Waals surface area contributed by atoms with E-state index in [0.29, 0.717) is 6.42 Å². The molecule has 0 aliphatic carbocycles. The number of halogens is 1. The predicted molar refractivity (Wildman–Crippen MR) is 48.8 cm³/mol. The lowest BCUT2D eigenvalue weighted by atomic mass is 10.1. The van der Waals surface area contributed by atoms with Gasteiger partial charge in [-0.05, 0) is 12.1 Å². The van der Waals surface area contributed by atoms with Gasteiger partial charge in [-0.1, -0.05) is 35.0 Å². The van der Waals surface area contributed by atoms with Crippen molar-refractivity contribution in [3.8, 4) is 0 Å². The third kappa shape index (κ3) is 2.15.